The van der Waals surface area contributed by atoms with Crippen LogP contribution in [-0.2, 0) is 0 Å². The summed E-state index contributed by atoms with van der Waals surface area (Å²) in [4.78, 5) is 3.88. The third-order valence-corrected chi connectivity index (χ3v) is 3.95. The first-order valence-electron chi connectivity index (χ1n) is 7.37. The highest BCUT2D eigenvalue weighted by Crippen LogP contribution is 2.57. The highest BCUT2D eigenvalue weighted by atomic mass is 14.6. The summed E-state index contributed by atoms with van der Waals surface area (Å²) in [6.45, 7) is 12.6. The molecule has 18 heavy (non-hydrogen) atoms. The number of aliphatic imine (C=N–C) groups is 1. The molecule has 1 saturated carbocycles. The Morgan fingerprint density at radius 3 is 2.50 bits per heavy atom. The molecular formula is C17H29N. The zero-order valence-electron chi connectivity index (χ0n) is 12.6. The van der Waals surface area contributed by atoms with Gasteiger partial charge in [-0.15, -0.1) is 0 Å². The zero-order chi connectivity index (χ0) is 13.6. The van der Waals surface area contributed by atoms with Crippen molar-refractivity contribution in [3.8, 4) is 0 Å². The van der Waals surface area contributed by atoms with Gasteiger partial charge in [-0.2, -0.15) is 0 Å². The van der Waals surface area contributed by atoms with Crippen molar-refractivity contribution < 1.29 is 0 Å². The van der Waals surface area contributed by atoms with Crippen LogP contribution in [0.1, 0.15) is 66.2 Å². The molecule has 0 aromatic heterocycles. The van der Waals surface area contributed by atoms with Gasteiger partial charge >= 0.3 is 0 Å². The van der Waals surface area contributed by atoms with Gasteiger partial charge in [0, 0.05) is 6.20 Å². The zero-order valence-corrected chi connectivity index (χ0v) is 12.6. The van der Waals surface area contributed by atoms with Crippen molar-refractivity contribution in [2.75, 3.05) is 0 Å². The number of hydrogen-bond donors (Lipinski definition) is 0. The Morgan fingerprint density at radius 1 is 1.39 bits per heavy atom. The van der Waals surface area contributed by atoms with Gasteiger partial charge in [-0.1, -0.05) is 38.8 Å². The highest BCUT2D eigenvalue weighted by Gasteiger charge is 2.44. The second kappa shape index (κ2) is 6.92. The lowest BCUT2D eigenvalue weighted by atomic mass is 9.85. The summed E-state index contributed by atoms with van der Waals surface area (Å²) in [6, 6.07) is 0. The molecule has 0 radical (unpaired) electrons. The molecule has 0 spiro atoms. The van der Waals surface area contributed by atoms with Gasteiger partial charge in [-0.05, 0) is 62.7 Å². The minimum Gasteiger partial charge on any atom is -0.272 e. The summed E-state index contributed by atoms with van der Waals surface area (Å²) >= 11 is 0. The van der Waals surface area contributed by atoms with Crippen LogP contribution in [-0.4, -0.2) is 6.72 Å². The molecule has 1 rings (SSSR count). The van der Waals surface area contributed by atoms with Gasteiger partial charge in [-0.3, -0.25) is 4.99 Å². The van der Waals surface area contributed by atoms with Gasteiger partial charge in [0.05, 0.1) is 0 Å². The fourth-order valence-electron chi connectivity index (χ4n) is 2.75. The minimum absolute atomic E-state index is 0.542. The molecule has 1 nitrogen and oxygen atoms in total. The van der Waals surface area contributed by atoms with E-state index in [1.165, 1.54) is 44.1 Å². The SMILES string of the molecule is C=N/C=C(C)\C=C(/CCC(C)C)C1(CCC)CC1. The molecule has 0 aromatic carbocycles. The average Bonchev–Trinajstić information content (AvgIpc) is 3.05. The van der Waals surface area contributed by atoms with Gasteiger partial charge in [-0.25, -0.2) is 0 Å². The Labute approximate surface area is 113 Å². The lowest BCUT2D eigenvalue weighted by molar-refractivity contribution is 0.487. The Balaban J connectivity index is 2.81. The first-order valence-corrected chi connectivity index (χ1v) is 7.37. The topological polar surface area (TPSA) is 12.4 Å². The van der Waals surface area contributed by atoms with E-state index in [0.29, 0.717) is 5.41 Å². The van der Waals surface area contributed by atoms with E-state index in [0.717, 1.165) is 5.92 Å². The van der Waals surface area contributed by atoms with Crippen LogP contribution in [0.25, 0.3) is 0 Å². The largest absolute Gasteiger partial charge is 0.272 e. The van der Waals surface area contributed by atoms with Crippen LogP contribution < -0.4 is 0 Å². The Hall–Kier alpha value is -0.850. The molecule has 1 aliphatic carbocycles. The van der Waals surface area contributed by atoms with Crippen LogP contribution in [0.15, 0.2) is 28.4 Å². The van der Waals surface area contributed by atoms with Crippen molar-refractivity contribution in [3.63, 3.8) is 0 Å². The van der Waals surface area contributed by atoms with Crippen molar-refractivity contribution in [2.24, 2.45) is 16.3 Å². The van der Waals surface area contributed by atoms with Gasteiger partial charge < -0.3 is 0 Å². The van der Waals surface area contributed by atoms with Crippen LogP contribution >= 0.6 is 0 Å². The van der Waals surface area contributed by atoms with Crippen LogP contribution in [0.3, 0.4) is 0 Å². The number of hydrogen-bond acceptors (Lipinski definition) is 1. The van der Waals surface area contributed by atoms with Crippen LogP contribution in [0.2, 0.25) is 0 Å². The fraction of sp³-hybridized carbons (Fsp3) is 0.706. The Bertz CT molecular complexity index is 330. The maximum absolute atomic E-state index is 3.88. The predicted octanol–water partition coefficient (Wildman–Crippen LogP) is 5.53. The highest BCUT2D eigenvalue weighted by molar-refractivity contribution is 5.33. The van der Waals surface area contributed by atoms with E-state index in [9.17, 15) is 0 Å². The van der Waals surface area contributed by atoms with Crippen molar-refractivity contribution in [2.45, 2.75) is 66.2 Å². The van der Waals surface area contributed by atoms with E-state index in [4.69, 9.17) is 0 Å². The first-order chi connectivity index (χ1) is 8.54. The molecule has 0 saturated heterocycles. The summed E-state index contributed by atoms with van der Waals surface area (Å²) < 4.78 is 0. The maximum Gasteiger partial charge on any atom is 0.0289 e. The lowest BCUT2D eigenvalue weighted by Gasteiger charge is -2.20. The first kappa shape index (κ1) is 15.2. The Kier molecular flexibility index (Phi) is 5.84. The normalized spacial score (nSPS) is 19.2. The van der Waals surface area contributed by atoms with E-state index in [1.807, 2.05) is 6.20 Å². The van der Waals surface area contributed by atoms with Crippen LogP contribution in [0, 0.1) is 11.3 Å². The molecule has 0 amide bonds. The molecule has 0 aromatic rings. The molecule has 0 aliphatic heterocycles. The van der Waals surface area contributed by atoms with E-state index in [-0.39, 0.29) is 0 Å². The molecule has 1 aliphatic rings. The van der Waals surface area contributed by atoms with E-state index in [2.05, 4.69) is 45.5 Å². The van der Waals surface area contributed by atoms with E-state index >= 15 is 0 Å². The van der Waals surface area contributed by atoms with Gasteiger partial charge in [0.1, 0.15) is 0 Å². The minimum atomic E-state index is 0.542. The molecule has 0 bridgehead atoms. The number of rotatable bonds is 8. The van der Waals surface area contributed by atoms with Crippen molar-refractivity contribution >= 4 is 6.72 Å². The van der Waals surface area contributed by atoms with E-state index < -0.39 is 0 Å². The van der Waals surface area contributed by atoms with Gasteiger partial charge in [0.2, 0.25) is 0 Å². The number of allylic oxidation sites excluding steroid dienone is 3. The van der Waals surface area contributed by atoms with Crippen molar-refractivity contribution in [1.29, 1.82) is 0 Å². The molecule has 0 N–H and O–H groups in total. The smallest absolute Gasteiger partial charge is 0.0289 e. The molecule has 0 unspecified atom stereocenters. The second-order valence-corrected chi connectivity index (χ2v) is 6.19. The quantitative estimate of drug-likeness (QED) is 0.395. The second-order valence-electron chi connectivity index (χ2n) is 6.19. The summed E-state index contributed by atoms with van der Waals surface area (Å²) in [5.74, 6) is 0.785. The summed E-state index contributed by atoms with van der Waals surface area (Å²) in [6.07, 6.45) is 12.2. The molecule has 1 heteroatoms. The Morgan fingerprint density at radius 2 is 2.06 bits per heavy atom. The molecule has 102 valence electrons. The standard InChI is InChI=1S/C17H29N/c1-6-9-17(10-11-17)16(8-7-14(2)3)12-15(4)13-18-5/h12-14H,5-11H2,1-4H3/b15-13-,16-12+. The van der Waals surface area contributed by atoms with Gasteiger partial charge in [0.25, 0.3) is 0 Å². The third-order valence-electron chi connectivity index (χ3n) is 3.95. The summed E-state index contributed by atoms with van der Waals surface area (Å²) in [5, 5.41) is 0. The molecule has 1 fully saturated rings. The third kappa shape index (κ3) is 4.44. The average molecular weight is 247 g/mol. The lowest BCUT2D eigenvalue weighted by Crippen LogP contribution is -2.06. The summed E-state index contributed by atoms with van der Waals surface area (Å²) in [7, 11) is 0. The molecular weight excluding hydrogens is 218 g/mol. The maximum atomic E-state index is 3.88. The number of nitrogens with zero attached hydrogens (tertiary/aromatic N) is 1. The van der Waals surface area contributed by atoms with Crippen LogP contribution in [0.5, 0.6) is 0 Å². The van der Waals surface area contributed by atoms with E-state index in [1.54, 1.807) is 5.57 Å². The fourth-order valence-corrected chi connectivity index (χ4v) is 2.75. The summed E-state index contributed by atoms with van der Waals surface area (Å²) in [5.41, 5.74) is 3.45. The van der Waals surface area contributed by atoms with Crippen LogP contribution in [0.4, 0.5) is 0 Å². The monoisotopic (exact) mass is 247 g/mol. The molecule has 0 atom stereocenters. The molecule has 0 heterocycles. The van der Waals surface area contributed by atoms with Crippen molar-refractivity contribution in [1.82, 2.24) is 0 Å². The van der Waals surface area contributed by atoms with Gasteiger partial charge in [0.15, 0.2) is 0 Å². The van der Waals surface area contributed by atoms with Crippen molar-refractivity contribution in [3.05, 3.63) is 23.4 Å². The predicted molar refractivity (Wildman–Crippen MR) is 82.0 cm³/mol.